The molecule has 1 saturated carbocycles. The molecule has 0 bridgehead atoms. The van der Waals surface area contributed by atoms with Gasteiger partial charge in [0, 0.05) is 32.2 Å². The second kappa shape index (κ2) is 6.10. The molecule has 0 spiro atoms. The normalized spacial score (nSPS) is 23.2. The van der Waals surface area contributed by atoms with E-state index in [1.807, 2.05) is 12.3 Å². The minimum Gasteiger partial charge on any atom is -0.387 e. The Morgan fingerprint density at radius 3 is 2.40 bits per heavy atom. The highest BCUT2D eigenvalue weighted by Gasteiger charge is 2.26. The van der Waals surface area contributed by atoms with E-state index < -0.39 is 6.10 Å². The van der Waals surface area contributed by atoms with Crippen LogP contribution in [0.1, 0.15) is 44.4 Å². The van der Waals surface area contributed by atoms with Crippen molar-refractivity contribution in [2.24, 2.45) is 0 Å². The van der Waals surface area contributed by atoms with Gasteiger partial charge in [-0.1, -0.05) is 12.8 Å². The minimum absolute atomic E-state index is 0.483. The van der Waals surface area contributed by atoms with Crippen molar-refractivity contribution < 1.29 is 5.11 Å². The maximum Gasteiger partial charge on any atom is 0.0931 e. The van der Waals surface area contributed by atoms with Crippen LogP contribution in [0.3, 0.4) is 0 Å². The topological polar surface area (TPSA) is 39.6 Å². The highest BCUT2D eigenvalue weighted by atomic mass is 16.3. The lowest BCUT2D eigenvalue weighted by molar-refractivity contribution is 0.187. The van der Waals surface area contributed by atoms with Crippen LogP contribution in [0.4, 0.5) is 5.69 Å². The van der Waals surface area contributed by atoms with Crippen molar-refractivity contribution in [3.63, 3.8) is 0 Å². The van der Waals surface area contributed by atoms with Crippen molar-refractivity contribution in [2.75, 3.05) is 31.1 Å². The van der Waals surface area contributed by atoms with E-state index in [1.54, 1.807) is 6.92 Å². The van der Waals surface area contributed by atoms with Crippen LogP contribution in [0.5, 0.6) is 0 Å². The molecule has 110 valence electrons. The van der Waals surface area contributed by atoms with Crippen LogP contribution in [-0.2, 0) is 0 Å². The summed E-state index contributed by atoms with van der Waals surface area (Å²) < 4.78 is 0. The lowest BCUT2D eigenvalue weighted by Gasteiger charge is -2.39. The van der Waals surface area contributed by atoms with E-state index in [0.29, 0.717) is 0 Å². The number of nitrogens with zero attached hydrogens (tertiary/aromatic N) is 3. The van der Waals surface area contributed by atoms with Crippen LogP contribution >= 0.6 is 0 Å². The molecule has 0 radical (unpaired) electrons. The average Bonchev–Trinajstić information content (AvgIpc) is 3.02. The molecule has 1 aromatic heterocycles. The van der Waals surface area contributed by atoms with E-state index in [1.165, 1.54) is 44.5 Å². The summed E-state index contributed by atoms with van der Waals surface area (Å²) in [4.78, 5) is 9.42. The fourth-order valence-electron chi connectivity index (χ4n) is 3.45. The van der Waals surface area contributed by atoms with Crippen LogP contribution < -0.4 is 4.90 Å². The molecule has 0 aromatic carbocycles. The molecule has 1 saturated heterocycles. The van der Waals surface area contributed by atoms with Crippen LogP contribution in [0.2, 0.25) is 0 Å². The molecule has 20 heavy (non-hydrogen) atoms. The summed E-state index contributed by atoms with van der Waals surface area (Å²) in [5.74, 6) is 0. The van der Waals surface area contributed by atoms with Crippen molar-refractivity contribution in [3.8, 4) is 0 Å². The lowest BCUT2D eigenvalue weighted by atomic mass is 10.1. The number of piperazine rings is 1. The van der Waals surface area contributed by atoms with Crippen LogP contribution in [0.15, 0.2) is 18.3 Å². The van der Waals surface area contributed by atoms with Crippen molar-refractivity contribution in [1.29, 1.82) is 0 Å². The highest BCUT2D eigenvalue weighted by Crippen LogP contribution is 2.25. The number of pyridine rings is 1. The number of anilines is 1. The van der Waals surface area contributed by atoms with Crippen molar-refractivity contribution in [3.05, 3.63) is 24.0 Å². The van der Waals surface area contributed by atoms with Gasteiger partial charge in [-0.3, -0.25) is 9.88 Å². The molecule has 2 aliphatic rings. The smallest absolute Gasteiger partial charge is 0.0931 e. The van der Waals surface area contributed by atoms with Crippen LogP contribution in [0, 0.1) is 0 Å². The molecule has 4 heteroatoms. The first kappa shape index (κ1) is 13.8. The predicted octanol–water partition coefficient (Wildman–Crippen LogP) is 2.20. The van der Waals surface area contributed by atoms with Crippen LogP contribution in [0.25, 0.3) is 0 Å². The molecule has 1 aromatic rings. The maximum atomic E-state index is 9.50. The first-order valence-corrected chi connectivity index (χ1v) is 7.87. The van der Waals surface area contributed by atoms with E-state index in [-0.39, 0.29) is 0 Å². The van der Waals surface area contributed by atoms with E-state index in [0.717, 1.165) is 24.8 Å². The molecule has 1 aliphatic heterocycles. The zero-order chi connectivity index (χ0) is 13.9. The molecule has 0 amide bonds. The average molecular weight is 275 g/mol. The molecular formula is C16H25N3O. The summed E-state index contributed by atoms with van der Waals surface area (Å²) >= 11 is 0. The standard InChI is InChI=1S/C16H25N3O/c1-13(20)16-7-6-15(12-17-16)19-10-8-18(9-11-19)14-4-2-3-5-14/h6-7,12-14,20H,2-5,8-11H2,1H3. The van der Waals surface area contributed by atoms with Crippen LogP contribution in [-0.4, -0.2) is 47.2 Å². The van der Waals surface area contributed by atoms with Gasteiger partial charge in [0.1, 0.15) is 0 Å². The Morgan fingerprint density at radius 2 is 1.85 bits per heavy atom. The Bertz CT molecular complexity index is 418. The zero-order valence-electron chi connectivity index (χ0n) is 12.3. The molecule has 2 heterocycles. The lowest BCUT2D eigenvalue weighted by Crippen LogP contribution is -2.49. The van der Waals surface area contributed by atoms with Gasteiger partial charge < -0.3 is 10.0 Å². The third-order valence-corrected chi connectivity index (χ3v) is 4.72. The van der Waals surface area contributed by atoms with Gasteiger partial charge in [-0.25, -0.2) is 0 Å². The fraction of sp³-hybridized carbons (Fsp3) is 0.688. The van der Waals surface area contributed by atoms with Gasteiger partial charge >= 0.3 is 0 Å². The third-order valence-electron chi connectivity index (χ3n) is 4.72. The van der Waals surface area contributed by atoms with Gasteiger partial charge in [-0.05, 0) is 31.9 Å². The second-order valence-corrected chi connectivity index (χ2v) is 6.08. The quantitative estimate of drug-likeness (QED) is 0.918. The molecule has 4 nitrogen and oxygen atoms in total. The van der Waals surface area contributed by atoms with Gasteiger partial charge in [0.15, 0.2) is 0 Å². The Morgan fingerprint density at radius 1 is 1.15 bits per heavy atom. The van der Waals surface area contributed by atoms with E-state index in [4.69, 9.17) is 0 Å². The maximum absolute atomic E-state index is 9.50. The number of hydrogen-bond acceptors (Lipinski definition) is 4. The first-order chi connectivity index (χ1) is 9.74. The Balaban J connectivity index is 1.57. The third kappa shape index (κ3) is 2.96. The predicted molar refractivity (Wildman–Crippen MR) is 80.9 cm³/mol. The summed E-state index contributed by atoms with van der Waals surface area (Å²) in [6, 6.07) is 4.86. The zero-order valence-corrected chi connectivity index (χ0v) is 12.3. The minimum atomic E-state index is -0.483. The Labute approximate surface area is 121 Å². The van der Waals surface area contributed by atoms with Crippen molar-refractivity contribution >= 4 is 5.69 Å². The second-order valence-electron chi connectivity index (χ2n) is 6.08. The van der Waals surface area contributed by atoms with Gasteiger partial charge in [0.05, 0.1) is 23.7 Å². The first-order valence-electron chi connectivity index (χ1n) is 7.87. The number of hydrogen-bond donors (Lipinski definition) is 1. The largest absolute Gasteiger partial charge is 0.387 e. The monoisotopic (exact) mass is 275 g/mol. The number of aromatic nitrogens is 1. The Kier molecular flexibility index (Phi) is 4.22. The molecule has 2 fully saturated rings. The summed E-state index contributed by atoms with van der Waals surface area (Å²) in [5.41, 5.74) is 1.93. The molecular weight excluding hydrogens is 250 g/mol. The Hall–Kier alpha value is -1.13. The molecule has 3 rings (SSSR count). The number of rotatable bonds is 3. The van der Waals surface area contributed by atoms with E-state index in [2.05, 4.69) is 20.9 Å². The van der Waals surface area contributed by atoms with E-state index >= 15 is 0 Å². The summed E-state index contributed by atoms with van der Waals surface area (Å²) in [6.45, 7) is 6.27. The number of aliphatic hydroxyl groups excluding tert-OH is 1. The van der Waals surface area contributed by atoms with Gasteiger partial charge in [-0.15, -0.1) is 0 Å². The van der Waals surface area contributed by atoms with Crippen molar-refractivity contribution in [1.82, 2.24) is 9.88 Å². The summed E-state index contributed by atoms with van der Waals surface area (Å²) in [5, 5.41) is 9.50. The summed E-state index contributed by atoms with van der Waals surface area (Å²) in [7, 11) is 0. The molecule has 1 N–H and O–H groups in total. The van der Waals surface area contributed by atoms with Crippen molar-refractivity contribution in [2.45, 2.75) is 44.8 Å². The molecule has 1 unspecified atom stereocenters. The molecule has 1 aliphatic carbocycles. The fourth-order valence-corrected chi connectivity index (χ4v) is 3.45. The SMILES string of the molecule is CC(O)c1ccc(N2CCN(C3CCCC3)CC2)cn1. The van der Waals surface area contributed by atoms with Gasteiger partial charge in [0.2, 0.25) is 0 Å². The highest BCUT2D eigenvalue weighted by molar-refractivity contribution is 5.45. The number of aliphatic hydroxyl groups is 1. The summed E-state index contributed by atoms with van der Waals surface area (Å²) in [6.07, 6.45) is 7.02. The molecule has 1 atom stereocenters. The van der Waals surface area contributed by atoms with E-state index in [9.17, 15) is 5.11 Å². The van der Waals surface area contributed by atoms with Gasteiger partial charge in [-0.2, -0.15) is 0 Å². The van der Waals surface area contributed by atoms with Gasteiger partial charge in [0.25, 0.3) is 0 Å².